The van der Waals surface area contributed by atoms with Crippen molar-refractivity contribution in [3.63, 3.8) is 0 Å². The van der Waals surface area contributed by atoms with E-state index >= 15 is 0 Å². The molecule has 3 heterocycles. The van der Waals surface area contributed by atoms with Gasteiger partial charge in [-0.2, -0.15) is 0 Å². The van der Waals surface area contributed by atoms with Crippen LogP contribution >= 0.6 is 0 Å². The lowest BCUT2D eigenvalue weighted by atomic mass is 9.79. The Morgan fingerprint density at radius 2 is 2.19 bits per heavy atom. The second-order valence-corrected chi connectivity index (χ2v) is 8.56. The topological polar surface area (TPSA) is 169 Å². The van der Waals surface area contributed by atoms with Crippen LogP contribution in [0.25, 0.3) is 11.2 Å². The molecule has 0 aromatic carbocycles. The Hall–Kier alpha value is -2.78. The Morgan fingerprint density at radius 3 is 2.91 bits per heavy atom. The molecule has 0 radical (unpaired) electrons. The number of likely N-dealkylation sites (N-methyl/N-ethyl adjacent to an activating group) is 1. The van der Waals surface area contributed by atoms with Crippen LogP contribution < -0.4 is 11.1 Å². The Morgan fingerprint density at radius 1 is 1.41 bits per heavy atom. The maximum Gasteiger partial charge on any atom is 0.252 e. The highest BCUT2D eigenvalue weighted by atomic mass is 16.6. The van der Waals surface area contributed by atoms with E-state index in [4.69, 9.17) is 10.5 Å². The first kappa shape index (κ1) is 22.4. The number of aliphatic hydroxyl groups is 3. The van der Waals surface area contributed by atoms with Crippen molar-refractivity contribution in [2.75, 3.05) is 12.3 Å². The highest BCUT2D eigenvalue weighted by Crippen LogP contribution is 2.33. The number of hydrogen-bond acceptors (Lipinski definition) is 9. The molecule has 1 saturated heterocycles. The lowest BCUT2D eigenvalue weighted by Gasteiger charge is -2.30. The summed E-state index contributed by atoms with van der Waals surface area (Å²) in [6.07, 6.45) is -0.699. The summed E-state index contributed by atoms with van der Waals surface area (Å²) in [4.78, 5) is 24.9. The van der Waals surface area contributed by atoms with Gasteiger partial charge in [0.15, 0.2) is 23.8 Å². The molecule has 1 amide bonds. The first-order chi connectivity index (χ1) is 15.2. The van der Waals surface area contributed by atoms with Gasteiger partial charge < -0.3 is 31.1 Å². The number of anilines is 1. The molecule has 172 valence electrons. The molecule has 2 aromatic heterocycles. The molecule has 1 aliphatic carbocycles. The first-order valence-electron chi connectivity index (χ1n) is 10.8. The number of nitrogens with zero attached hydrogens (tertiary/aromatic N) is 4. The smallest absolute Gasteiger partial charge is 0.252 e. The molecule has 4 unspecified atom stereocenters. The standard InChI is InChI=1S/C21H28N6O5/c1-3-23-19(30)16-14(28)15(29)20(32-16)27-10-24-13-17(22)25-12(26-18(13)27)6-8-21(31)7-4-5-11(2)9-21/h10-11,14-16,20,28-29,31H,3-5,7,9H2,1-2H3,(H,23,30)(H2,22,25,26)/t11-,14?,15?,16?,20?,21-/m1/s1. The van der Waals surface area contributed by atoms with Crippen LogP contribution in [0.15, 0.2) is 6.33 Å². The second-order valence-electron chi connectivity index (χ2n) is 8.56. The van der Waals surface area contributed by atoms with Gasteiger partial charge in [-0.15, -0.1) is 0 Å². The zero-order valence-electron chi connectivity index (χ0n) is 18.0. The van der Waals surface area contributed by atoms with Gasteiger partial charge in [0, 0.05) is 6.54 Å². The third-order valence-corrected chi connectivity index (χ3v) is 5.95. The predicted molar refractivity (Wildman–Crippen MR) is 114 cm³/mol. The van der Waals surface area contributed by atoms with E-state index in [0.29, 0.717) is 25.3 Å². The summed E-state index contributed by atoms with van der Waals surface area (Å²) in [6, 6.07) is 0. The Kier molecular flexibility index (Phi) is 6.05. The molecule has 11 heteroatoms. The quantitative estimate of drug-likeness (QED) is 0.390. The third kappa shape index (κ3) is 4.14. The van der Waals surface area contributed by atoms with Gasteiger partial charge in [0.1, 0.15) is 23.3 Å². The number of rotatable bonds is 3. The summed E-state index contributed by atoms with van der Waals surface area (Å²) in [7, 11) is 0. The zero-order valence-corrected chi connectivity index (χ0v) is 18.0. The van der Waals surface area contributed by atoms with Gasteiger partial charge in [0.25, 0.3) is 5.91 Å². The normalized spacial score (nSPS) is 32.5. The highest BCUT2D eigenvalue weighted by molar-refractivity contribution is 5.83. The van der Waals surface area contributed by atoms with Crippen molar-refractivity contribution >= 4 is 22.9 Å². The van der Waals surface area contributed by atoms with Crippen molar-refractivity contribution in [3.05, 3.63) is 12.2 Å². The molecule has 6 N–H and O–H groups in total. The van der Waals surface area contributed by atoms with E-state index in [2.05, 4.69) is 39.0 Å². The monoisotopic (exact) mass is 444 g/mol. The number of hydrogen-bond donors (Lipinski definition) is 5. The van der Waals surface area contributed by atoms with Crippen LogP contribution in [0.5, 0.6) is 0 Å². The van der Waals surface area contributed by atoms with Crippen LogP contribution in [0, 0.1) is 17.8 Å². The average Bonchev–Trinajstić information content (AvgIpc) is 3.28. The molecule has 32 heavy (non-hydrogen) atoms. The lowest BCUT2D eigenvalue weighted by molar-refractivity contribution is -0.137. The number of nitrogens with two attached hydrogens (primary N) is 1. The minimum Gasteiger partial charge on any atom is -0.387 e. The number of aliphatic hydroxyl groups excluding tert-OH is 2. The number of carbonyl (C=O) groups is 1. The summed E-state index contributed by atoms with van der Waals surface area (Å²) < 4.78 is 7.04. The van der Waals surface area contributed by atoms with Crippen molar-refractivity contribution in [1.82, 2.24) is 24.8 Å². The zero-order chi connectivity index (χ0) is 23.0. The maximum atomic E-state index is 12.2. The second kappa shape index (κ2) is 8.63. The summed E-state index contributed by atoms with van der Waals surface area (Å²) in [5.74, 6) is 5.74. The van der Waals surface area contributed by atoms with Crippen molar-refractivity contribution in [1.29, 1.82) is 0 Å². The number of carbonyl (C=O) groups excluding carboxylic acids is 1. The fourth-order valence-corrected chi connectivity index (χ4v) is 4.37. The van der Waals surface area contributed by atoms with E-state index in [1.54, 1.807) is 6.92 Å². The number of fused-ring (bicyclic) bond motifs is 1. The fourth-order valence-electron chi connectivity index (χ4n) is 4.37. The van der Waals surface area contributed by atoms with Crippen LogP contribution in [-0.4, -0.2) is 71.2 Å². The van der Waals surface area contributed by atoms with Crippen LogP contribution in [0.1, 0.15) is 51.6 Å². The molecule has 0 spiro atoms. The molecule has 11 nitrogen and oxygen atoms in total. The Labute approximate surface area is 185 Å². The summed E-state index contributed by atoms with van der Waals surface area (Å²) in [5, 5.41) is 34.1. The molecular weight excluding hydrogens is 416 g/mol. The van der Waals surface area contributed by atoms with Gasteiger partial charge in [0.05, 0.1) is 6.33 Å². The van der Waals surface area contributed by atoms with Crippen molar-refractivity contribution in [2.24, 2.45) is 5.92 Å². The van der Waals surface area contributed by atoms with Crippen LogP contribution in [-0.2, 0) is 9.53 Å². The average molecular weight is 444 g/mol. The molecule has 2 fully saturated rings. The molecule has 0 bridgehead atoms. The van der Waals surface area contributed by atoms with Gasteiger partial charge >= 0.3 is 0 Å². The first-order valence-corrected chi connectivity index (χ1v) is 10.8. The van der Waals surface area contributed by atoms with E-state index in [1.807, 2.05) is 0 Å². The summed E-state index contributed by atoms with van der Waals surface area (Å²) in [5.41, 5.74) is 5.44. The van der Waals surface area contributed by atoms with Gasteiger partial charge in [-0.3, -0.25) is 9.36 Å². The number of aromatic nitrogens is 4. The Balaban J connectivity index is 1.66. The number of imidazole rings is 1. The molecular formula is C21H28N6O5. The number of nitrogen functional groups attached to an aromatic ring is 1. The SMILES string of the molecule is CCNC(=O)C1OC(n2cnc3c(N)nc(C#C[C@]4(O)CCC[C@@H](C)C4)nc32)C(O)C1O. The highest BCUT2D eigenvalue weighted by Gasteiger charge is 2.47. The summed E-state index contributed by atoms with van der Waals surface area (Å²) in [6.45, 7) is 4.18. The van der Waals surface area contributed by atoms with Crippen molar-refractivity contribution in [3.8, 4) is 11.8 Å². The summed E-state index contributed by atoms with van der Waals surface area (Å²) >= 11 is 0. The van der Waals surface area contributed by atoms with E-state index in [-0.39, 0.29) is 22.8 Å². The number of nitrogens with one attached hydrogen (secondary N) is 1. The van der Waals surface area contributed by atoms with E-state index < -0.39 is 36.0 Å². The van der Waals surface area contributed by atoms with Gasteiger partial charge in [0.2, 0.25) is 5.82 Å². The van der Waals surface area contributed by atoms with Gasteiger partial charge in [-0.25, -0.2) is 15.0 Å². The molecule has 6 atom stereocenters. The van der Waals surface area contributed by atoms with Gasteiger partial charge in [-0.05, 0) is 38.0 Å². The minimum atomic E-state index is -1.43. The third-order valence-electron chi connectivity index (χ3n) is 5.95. The predicted octanol–water partition coefficient (Wildman–Crippen LogP) is -0.543. The van der Waals surface area contributed by atoms with E-state index in [1.165, 1.54) is 10.9 Å². The van der Waals surface area contributed by atoms with Crippen molar-refractivity contribution in [2.45, 2.75) is 69.7 Å². The van der Waals surface area contributed by atoms with Crippen molar-refractivity contribution < 1.29 is 24.9 Å². The van der Waals surface area contributed by atoms with Crippen LogP contribution in [0.2, 0.25) is 0 Å². The number of ether oxygens (including phenoxy) is 1. The minimum absolute atomic E-state index is 0.0790. The van der Waals surface area contributed by atoms with E-state index in [9.17, 15) is 20.1 Å². The van der Waals surface area contributed by atoms with Crippen LogP contribution in [0.3, 0.4) is 0 Å². The Bertz CT molecular complexity index is 1080. The molecule has 2 aliphatic rings. The molecule has 1 saturated carbocycles. The maximum absolute atomic E-state index is 12.2. The lowest BCUT2D eigenvalue weighted by Crippen LogP contribution is -2.42. The van der Waals surface area contributed by atoms with Crippen LogP contribution in [0.4, 0.5) is 5.82 Å². The van der Waals surface area contributed by atoms with Gasteiger partial charge in [-0.1, -0.05) is 19.3 Å². The van der Waals surface area contributed by atoms with E-state index in [0.717, 1.165) is 12.8 Å². The fraction of sp³-hybridized carbons (Fsp3) is 0.619. The largest absolute Gasteiger partial charge is 0.387 e. The number of amides is 1. The molecule has 4 rings (SSSR count). The molecule has 1 aliphatic heterocycles. The molecule has 2 aromatic rings.